The van der Waals surface area contributed by atoms with Crippen LogP contribution < -0.4 is 10.0 Å². The van der Waals surface area contributed by atoms with Gasteiger partial charge < -0.3 is 5.32 Å². The summed E-state index contributed by atoms with van der Waals surface area (Å²) in [6.07, 6.45) is 4.08. The third kappa shape index (κ3) is 3.16. The number of nitrogens with one attached hydrogen (secondary N) is 2. The molecule has 1 atom stereocenters. The average molecular weight is 247 g/mol. The van der Waals surface area contributed by atoms with Crippen molar-refractivity contribution in [2.45, 2.75) is 31.7 Å². The van der Waals surface area contributed by atoms with Crippen LogP contribution in [-0.4, -0.2) is 45.4 Å². The van der Waals surface area contributed by atoms with Crippen LogP contribution in [0.1, 0.15) is 25.7 Å². The van der Waals surface area contributed by atoms with Crippen LogP contribution in [0.5, 0.6) is 0 Å². The molecule has 1 unspecified atom stereocenters. The van der Waals surface area contributed by atoms with Crippen molar-refractivity contribution >= 4 is 10.2 Å². The summed E-state index contributed by atoms with van der Waals surface area (Å²) in [4.78, 5) is 0. The summed E-state index contributed by atoms with van der Waals surface area (Å²) in [7, 11) is -1.30. The minimum Gasteiger partial charge on any atom is -0.319 e. The zero-order chi connectivity index (χ0) is 11.6. The van der Waals surface area contributed by atoms with Crippen LogP contribution in [0.4, 0.5) is 0 Å². The van der Waals surface area contributed by atoms with Gasteiger partial charge in [0.25, 0.3) is 10.2 Å². The second kappa shape index (κ2) is 5.00. The van der Waals surface area contributed by atoms with Gasteiger partial charge in [0.05, 0.1) is 0 Å². The van der Waals surface area contributed by atoms with Gasteiger partial charge in [0.15, 0.2) is 0 Å². The lowest BCUT2D eigenvalue weighted by molar-refractivity contribution is 0.261. The molecule has 0 bridgehead atoms. The zero-order valence-electron chi connectivity index (χ0n) is 9.78. The molecule has 1 aliphatic heterocycles. The average Bonchev–Trinajstić information content (AvgIpc) is 3.02. The molecule has 2 N–H and O–H groups in total. The molecule has 0 radical (unpaired) electrons. The number of piperidine rings is 1. The maximum absolute atomic E-state index is 12.0. The normalized spacial score (nSPS) is 28.2. The number of nitrogens with zero attached hydrogens (tertiary/aromatic N) is 1. The zero-order valence-corrected chi connectivity index (χ0v) is 10.6. The van der Waals surface area contributed by atoms with Gasteiger partial charge in [-0.25, -0.2) is 0 Å². The summed E-state index contributed by atoms with van der Waals surface area (Å²) in [5, 5.41) is 3.12. The molecule has 94 valence electrons. The van der Waals surface area contributed by atoms with Crippen LogP contribution in [0.3, 0.4) is 0 Å². The van der Waals surface area contributed by atoms with E-state index in [1.165, 1.54) is 0 Å². The smallest absolute Gasteiger partial charge is 0.279 e. The Morgan fingerprint density at radius 3 is 2.69 bits per heavy atom. The van der Waals surface area contributed by atoms with Gasteiger partial charge in [0.1, 0.15) is 0 Å². The van der Waals surface area contributed by atoms with E-state index in [1.54, 1.807) is 4.31 Å². The van der Waals surface area contributed by atoms with Gasteiger partial charge in [-0.1, -0.05) is 0 Å². The minimum absolute atomic E-state index is 0.203. The predicted molar refractivity (Wildman–Crippen MR) is 63.3 cm³/mol. The Morgan fingerprint density at radius 2 is 2.06 bits per heavy atom. The fourth-order valence-electron chi connectivity index (χ4n) is 2.19. The number of rotatable bonds is 5. The molecule has 16 heavy (non-hydrogen) atoms. The predicted octanol–water partition coefficient (Wildman–Crippen LogP) is -0.0854. The molecule has 0 aromatic rings. The minimum atomic E-state index is -3.22. The Morgan fingerprint density at radius 1 is 1.31 bits per heavy atom. The highest BCUT2D eigenvalue weighted by molar-refractivity contribution is 7.87. The van der Waals surface area contributed by atoms with E-state index < -0.39 is 10.2 Å². The van der Waals surface area contributed by atoms with Gasteiger partial charge in [-0.05, 0) is 45.2 Å². The Bertz CT molecular complexity index is 325. The Labute approximate surface area is 97.8 Å². The second-order valence-corrected chi connectivity index (χ2v) is 6.52. The van der Waals surface area contributed by atoms with Crippen molar-refractivity contribution in [1.82, 2.24) is 14.3 Å². The van der Waals surface area contributed by atoms with Crippen LogP contribution in [0.15, 0.2) is 0 Å². The molecule has 0 aromatic heterocycles. The van der Waals surface area contributed by atoms with Crippen molar-refractivity contribution in [1.29, 1.82) is 0 Å². The van der Waals surface area contributed by atoms with Gasteiger partial charge in [-0.2, -0.15) is 17.4 Å². The maximum atomic E-state index is 12.0. The number of hydrogen-bond acceptors (Lipinski definition) is 3. The lowest BCUT2D eigenvalue weighted by Crippen LogP contribution is -2.48. The molecule has 1 saturated carbocycles. The van der Waals surface area contributed by atoms with E-state index in [2.05, 4.69) is 10.0 Å². The standard InChI is InChI=1S/C10H21N3O2S/c1-11-7-9-3-2-6-13(8-9)16(14,15)12-10-4-5-10/h9-12H,2-8H2,1H3. The Kier molecular flexibility index (Phi) is 3.84. The van der Waals surface area contributed by atoms with Crippen molar-refractivity contribution in [3.8, 4) is 0 Å². The van der Waals surface area contributed by atoms with Crippen LogP contribution >= 0.6 is 0 Å². The van der Waals surface area contributed by atoms with E-state index >= 15 is 0 Å². The van der Waals surface area contributed by atoms with Crippen molar-refractivity contribution in [2.75, 3.05) is 26.7 Å². The third-order valence-electron chi connectivity index (χ3n) is 3.21. The highest BCUT2D eigenvalue weighted by atomic mass is 32.2. The van der Waals surface area contributed by atoms with E-state index in [9.17, 15) is 8.42 Å². The molecular formula is C10H21N3O2S. The van der Waals surface area contributed by atoms with Gasteiger partial charge in [-0.15, -0.1) is 0 Å². The van der Waals surface area contributed by atoms with Crippen molar-refractivity contribution in [3.63, 3.8) is 0 Å². The summed E-state index contributed by atoms with van der Waals surface area (Å²) in [6.45, 7) is 2.22. The van der Waals surface area contributed by atoms with E-state index in [0.29, 0.717) is 19.0 Å². The largest absolute Gasteiger partial charge is 0.319 e. The van der Waals surface area contributed by atoms with Gasteiger partial charge in [-0.3, -0.25) is 0 Å². The van der Waals surface area contributed by atoms with Crippen LogP contribution in [0.25, 0.3) is 0 Å². The second-order valence-electron chi connectivity index (χ2n) is 4.82. The molecule has 1 saturated heterocycles. The molecule has 0 aromatic carbocycles. The molecule has 0 amide bonds. The fraction of sp³-hybridized carbons (Fsp3) is 1.00. The third-order valence-corrected chi connectivity index (χ3v) is 4.85. The molecule has 2 rings (SSSR count). The molecule has 0 spiro atoms. The molecular weight excluding hydrogens is 226 g/mol. The highest BCUT2D eigenvalue weighted by Gasteiger charge is 2.33. The molecule has 2 aliphatic rings. The SMILES string of the molecule is CNCC1CCCN(S(=O)(=O)NC2CC2)C1. The lowest BCUT2D eigenvalue weighted by atomic mass is 10.00. The first-order valence-electron chi connectivity index (χ1n) is 6.04. The monoisotopic (exact) mass is 247 g/mol. The van der Waals surface area contributed by atoms with E-state index in [1.807, 2.05) is 7.05 Å². The molecule has 1 aliphatic carbocycles. The molecule has 2 fully saturated rings. The van der Waals surface area contributed by atoms with Gasteiger partial charge in [0.2, 0.25) is 0 Å². The topological polar surface area (TPSA) is 61.4 Å². The highest BCUT2D eigenvalue weighted by Crippen LogP contribution is 2.23. The summed E-state index contributed by atoms with van der Waals surface area (Å²) >= 11 is 0. The first-order valence-corrected chi connectivity index (χ1v) is 7.48. The molecule has 1 heterocycles. The van der Waals surface area contributed by atoms with Crippen molar-refractivity contribution in [2.24, 2.45) is 5.92 Å². The summed E-state index contributed by atoms with van der Waals surface area (Å²) in [5.41, 5.74) is 0. The Balaban J connectivity index is 1.91. The Hall–Kier alpha value is -0.170. The lowest BCUT2D eigenvalue weighted by Gasteiger charge is -2.31. The van der Waals surface area contributed by atoms with E-state index in [0.717, 1.165) is 32.2 Å². The summed E-state index contributed by atoms with van der Waals surface area (Å²) in [6, 6.07) is 0.203. The van der Waals surface area contributed by atoms with Crippen LogP contribution in [0, 0.1) is 5.92 Å². The molecule has 5 nitrogen and oxygen atoms in total. The number of hydrogen-bond donors (Lipinski definition) is 2. The maximum Gasteiger partial charge on any atom is 0.279 e. The summed E-state index contributed by atoms with van der Waals surface area (Å²) < 4.78 is 28.3. The van der Waals surface area contributed by atoms with E-state index in [-0.39, 0.29) is 6.04 Å². The van der Waals surface area contributed by atoms with Crippen LogP contribution in [-0.2, 0) is 10.2 Å². The van der Waals surface area contributed by atoms with Crippen LogP contribution in [0.2, 0.25) is 0 Å². The van der Waals surface area contributed by atoms with Crippen molar-refractivity contribution < 1.29 is 8.42 Å². The van der Waals surface area contributed by atoms with Gasteiger partial charge >= 0.3 is 0 Å². The molecule has 6 heteroatoms. The first kappa shape index (κ1) is 12.3. The van der Waals surface area contributed by atoms with E-state index in [4.69, 9.17) is 0 Å². The summed E-state index contributed by atoms with van der Waals surface area (Å²) in [5.74, 6) is 0.453. The van der Waals surface area contributed by atoms with Crippen molar-refractivity contribution in [3.05, 3.63) is 0 Å². The van der Waals surface area contributed by atoms with Gasteiger partial charge in [0, 0.05) is 19.1 Å². The quantitative estimate of drug-likeness (QED) is 0.714. The fourth-order valence-corrected chi connectivity index (χ4v) is 3.77. The first-order chi connectivity index (χ1) is 7.62.